The molecule has 1 atom stereocenters. The Morgan fingerprint density at radius 2 is 2.14 bits per heavy atom. The minimum Gasteiger partial charge on any atom is -0.495 e. The highest BCUT2D eigenvalue weighted by Gasteiger charge is 2.20. The normalized spacial score (nSPS) is 18.4. The molecular weight excluding hydrogens is 268 g/mol. The number of rotatable bonds is 3. The molecule has 0 aromatic heterocycles. The summed E-state index contributed by atoms with van der Waals surface area (Å²) in [5.41, 5.74) is 1.84. The molecule has 1 saturated heterocycles. The molecule has 0 spiro atoms. The summed E-state index contributed by atoms with van der Waals surface area (Å²) in [6, 6.07) is 5.72. The topological polar surface area (TPSA) is 59.6 Å². The predicted molar refractivity (Wildman–Crippen MR) is 83.1 cm³/mol. The molecule has 2 rings (SSSR count). The third-order valence-corrected chi connectivity index (χ3v) is 3.58. The van der Waals surface area contributed by atoms with Crippen molar-refractivity contribution in [3.05, 3.63) is 23.8 Å². The largest absolute Gasteiger partial charge is 0.495 e. The molecule has 0 unspecified atom stereocenters. The quantitative estimate of drug-likeness (QED) is 0.900. The molecule has 1 aliphatic rings. The molecule has 21 heavy (non-hydrogen) atoms. The fraction of sp³-hybridized carbons (Fsp3) is 0.562. The van der Waals surface area contributed by atoms with E-state index in [1.54, 1.807) is 7.11 Å². The van der Waals surface area contributed by atoms with Crippen LogP contribution in [0.2, 0.25) is 0 Å². The van der Waals surface area contributed by atoms with Crippen molar-refractivity contribution >= 4 is 11.7 Å². The van der Waals surface area contributed by atoms with Crippen LogP contribution in [0.3, 0.4) is 0 Å². The number of anilines is 1. The molecule has 116 valence electrons. The summed E-state index contributed by atoms with van der Waals surface area (Å²) in [4.78, 5) is 12.1. The average Bonchev–Trinajstić information content (AvgIpc) is 2.90. The van der Waals surface area contributed by atoms with Crippen LogP contribution in [0.15, 0.2) is 18.2 Å². The number of nitrogens with one attached hydrogen (secondary N) is 2. The Hall–Kier alpha value is -1.75. The van der Waals surface area contributed by atoms with Crippen LogP contribution in [0.4, 0.5) is 10.5 Å². The number of urea groups is 1. The molecule has 1 aromatic carbocycles. The summed E-state index contributed by atoms with van der Waals surface area (Å²) in [7, 11) is 1.60. The summed E-state index contributed by atoms with van der Waals surface area (Å²) in [6.07, 6.45) is 0.854. The second-order valence-electron chi connectivity index (χ2n) is 6.32. The average molecular weight is 292 g/mol. The number of benzene rings is 1. The molecule has 1 aliphatic heterocycles. The van der Waals surface area contributed by atoms with Crippen LogP contribution >= 0.6 is 0 Å². The Balaban J connectivity index is 2.11. The highest BCUT2D eigenvalue weighted by Crippen LogP contribution is 2.31. The van der Waals surface area contributed by atoms with E-state index < -0.39 is 0 Å². The Bertz CT molecular complexity index is 503. The molecule has 5 heteroatoms. The highest BCUT2D eigenvalue weighted by atomic mass is 16.5. The van der Waals surface area contributed by atoms with Gasteiger partial charge in [0.2, 0.25) is 0 Å². The first kappa shape index (κ1) is 15.6. The van der Waals surface area contributed by atoms with E-state index in [1.807, 2.05) is 18.2 Å². The maximum absolute atomic E-state index is 12.1. The van der Waals surface area contributed by atoms with Gasteiger partial charge < -0.3 is 20.1 Å². The van der Waals surface area contributed by atoms with Crippen molar-refractivity contribution < 1.29 is 14.3 Å². The van der Waals surface area contributed by atoms with Crippen LogP contribution in [-0.4, -0.2) is 32.4 Å². The van der Waals surface area contributed by atoms with E-state index in [2.05, 4.69) is 31.4 Å². The molecular formula is C16H24N2O3. The maximum Gasteiger partial charge on any atom is 0.319 e. The predicted octanol–water partition coefficient (Wildman–Crippen LogP) is 2.90. The Morgan fingerprint density at radius 3 is 2.71 bits per heavy atom. The van der Waals surface area contributed by atoms with Crippen LogP contribution in [0, 0.1) is 0 Å². The van der Waals surface area contributed by atoms with Gasteiger partial charge in [0.25, 0.3) is 0 Å². The van der Waals surface area contributed by atoms with Gasteiger partial charge in [-0.1, -0.05) is 26.8 Å². The zero-order valence-corrected chi connectivity index (χ0v) is 13.2. The van der Waals surface area contributed by atoms with Crippen LogP contribution in [0.5, 0.6) is 5.75 Å². The van der Waals surface area contributed by atoms with E-state index in [1.165, 1.54) is 0 Å². The molecule has 0 bridgehead atoms. The van der Waals surface area contributed by atoms with E-state index in [0.29, 0.717) is 24.7 Å². The van der Waals surface area contributed by atoms with E-state index in [0.717, 1.165) is 12.0 Å². The van der Waals surface area contributed by atoms with Crippen molar-refractivity contribution in [3.63, 3.8) is 0 Å². The van der Waals surface area contributed by atoms with Crippen molar-refractivity contribution in [2.45, 2.75) is 38.6 Å². The van der Waals surface area contributed by atoms with Gasteiger partial charge in [0, 0.05) is 6.61 Å². The van der Waals surface area contributed by atoms with Crippen molar-refractivity contribution in [1.29, 1.82) is 0 Å². The van der Waals surface area contributed by atoms with Gasteiger partial charge in [0.05, 0.1) is 25.4 Å². The molecule has 2 N–H and O–H groups in total. The Labute approximate surface area is 126 Å². The van der Waals surface area contributed by atoms with Crippen molar-refractivity contribution in [3.8, 4) is 5.75 Å². The van der Waals surface area contributed by atoms with Crippen molar-refractivity contribution in [2.75, 3.05) is 25.6 Å². The first-order valence-electron chi connectivity index (χ1n) is 7.24. The highest BCUT2D eigenvalue weighted by molar-refractivity contribution is 5.91. The van der Waals surface area contributed by atoms with Crippen LogP contribution in [0.25, 0.3) is 0 Å². The Kier molecular flexibility index (Phi) is 4.73. The van der Waals surface area contributed by atoms with Gasteiger partial charge in [0.15, 0.2) is 0 Å². The second kappa shape index (κ2) is 6.35. The molecule has 2 amide bonds. The van der Waals surface area contributed by atoms with Gasteiger partial charge in [-0.05, 0) is 29.5 Å². The first-order valence-corrected chi connectivity index (χ1v) is 7.24. The van der Waals surface area contributed by atoms with Crippen molar-refractivity contribution in [1.82, 2.24) is 5.32 Å². The smallest absolute Gasteiger partial charge is 0.319 e. The maximum atomic E-state index is 12.1. The summed E-state index contributed by atoms with van der Waals surface area (Å²) >= 11 is 0. The van der Waals surface area contributed by atoms with E-state index >= 15 is 0 Å². The third-order valence-electron chi connectivity index (χ3n) is 3.58. The van der Waals surface area contributed by atoms with Gasteiger partial charge in [-0.3, -0.25) is 0 Å². The zero-order valence-electron chi connectivity index (χ0n) is 13.2. The standard InChI is InChI=1S/C16H24N2O3/c1-16(2,3)11-5-6-14(20-4)13(9-11)18-15(19)17-12-7-8-21-10-12/h5-6,9,12H,7-8,10H2,1-4H3,(H2,17,18,19)/t12-/m0/s1. The van der Waals surface area contributed by atoms with Gasteiger partial charge in [-0.15, -0.1) is 0 Å². The number of carbonyl (C=O) groups excluding carboxylic acids is 1. The number of amides is 2. The van der Waals surface area contributed by atoms with E-state index in [9.17, 15) is 4.79 Å². The number of carbonyl (C=O) groups is 1. The summed E-state index contributed by atoms with van der Waals surface area (Å²) in [5, 5.41) is 5.78. The summed E-state index contributed by atoms with van der Waals surface area (Å²) in [5.74, 6) is 0.654. The molecule has 0 aliphatic carbocycles. The van der Waals surface area contributed by atoms with Crippen LogP contribution in [0.1, 0.15) is 32.8 Å². The van der Waals surface area contributed by atoms with Gasteiger partial charge in [-0.2, -0.15) is 0 Å². The monoisotopic (exact) mass is 292 g/mol. The lowest BCUT2D eigenvalue weighted by Crippen LogP contribution is -2.38. The summed E-state index contributed by atoms with van der Waals surface area (Å²) in [6.45, 7) is 7.68. The number of hydrogen-bond donors (Lipinski definition) is 2. The molecule has 1 heterocycles. The zero-order chi connectivity index (χ0) is 15.5. The van der Waals surface area contributed by atoms with Gasteiger partial charge in [0.1, 0.15) is 5.75 Å². The first-order chi connectivity index (χ1) is 9.90. The van der Waals surface area contributed by atoms with Gasteiger partial charge in [-0.25, -0.2) is 4.79 Å². The minimum atomic E-state index is -0.227. The molecule has 1 aromatic rings. The van der Waals surface area contributed by atoms with Gasteiger partial charge >= 0.3 is 6.03 Å². The number of hydrogen-bond acceptors (Lipinski definition) is 3. The van der Waals surface area contributed by atoms with Crippen LogP contribution < -0.4 is 15.4 Å². The van der Waals surface area contributed by atoms with E-state index in [4.69, 9.17) is 9.47 Å². The fourth-order valence-corrected chi connectivity index (χ4v) is 2.26. The lowest BCUT2D eigenvalue weighted by atomic mass is 9.87. The molecule has 5 nitrogen and oxygen atoms in total. The third kappa shape index (κ3) is 4.11. The van der Waals surface area contributed by atoms with E-state index in [-0.39, 0.29) is 17.5 Å². The second-order valence-corrected chi connectivity index (χ2v) is 6.32. The molecule has 0 radical (unpaired) electrons. The van der Waals surface area contributed by atoms with Crippen molar-refractivity contribution in [2.24, 2.45) is 0 Å². The fourth-order valence-electron chi connectivity index (χ4n) is 2.26. The van der Waals surface area contributed by atoms with Crippen LogP contribution in [-0.2, 0) is 10.2 Å². The summed E-state index contributed by atoms with van der Waals surface area (Å²) < 4.78 is 10.6. The lowest BCUT2D eigenvalue weighted by molar-refractivity contribution is 0.189. The SMILES string of the molecule is COc1ccc(C(C)(C)C)cc1NC(=O)N[C@H]1CCOC1. The number of ether oxygens (including phenoxy) is 2. The number of methoxy groups -OCH3 is 1. The molecule has 1 fully saturated rings. The molecule has 0 saturated carbocycles. The Morgan fingerprint density at radius 1 is 1.38 bits per heavy atom. The lowest BCUT2D eigenvalue weighted by Gasteiger charge is -2.21. The minimum absolute atomic E-state index is 0.0124.